The first-order valence-corrected chi connectivity index (χ1v) is 8.07. The number of nitrogens with zero attached hydrogens (tertiary/aromatic N) is 1. The predicted octanol–water partition coefficient (Wildman–Crippen LogP) is 0.895. The molecule has 0 aromatic heterocycles. The van der Waals surface area contributed by atoms with Gasteiger partial charge in [0, 0.05) is 18.7 Å². The molecule has 0 bridgehead atoms. The number of fused-ring (bicyclic) bond motifs is 1. The van der Waals surface area contributed by atoms with E-state index in [0.717, 1.165) is 31.4 Å². The number of aryl methyl sites for hydroxylation is 1. The summed E-state index contributed by atoms with van der Waals surface area (Å²) in [6.45, 7) is 0.739. The van der Waals surface area contributed by atoms with E-state index in [1.807, 2.05) is 6.07 Å². The van der Waals surface area contributed by atoms with Crippen molar-refractivity contribution in [3.63, 3.8) is 0 Å². The van der Waals surface area contributed by atoms with Crippen LogP contribution >= 0.6 is 0 Å². The third kappa shape index (κ3) is 2.96. The van der Waals surface area contributed by atoms with Crippen LogP contribution in [0.2, 0.25) is 0 Å². The maximum absolute atomic E-state index is 12.2. The number of amides is 2. The van der Waals surface area contributed by atoms with Crippen LogP contribution in [0.1, 0.15) is 40.7 Å². The Morgan fingerprint density at radius 1 is 1.30 bits per heavy atom. The highest BCUT2D eigenvalue weighted by molar-refractivity contribution is 5.94. The molecule has 6 heteroatoms. The first-order chi connectivity index (χ1) is 11.1. The summed E-state index contributed by atoms with van der Waals surface area (Å²) in [5.41, 5.74) is 2.28. The van der Waals surface area contributed by atoms with Gasteiger partial charge in [0.05, 0.1) is 12.0 Å². The van der Waals surface area contributed by atoms with Gasteiger partial charge in [-0.1, -0.05) is 6.07 Å². The molecule has 0 unspecified atom stereocenters. The number of carbonyl (C=O) groups excluding carboxylic acids is 2. The van der Waals surface area contributed by atoms with Crippen LogP contribution < -0.4 is 5.32 Å². The largest absolute Gasteiger partial charge is 0.396 e. The summed E-state index contributed by atoms with van der Waals surface area (Å²) >= 11 is 0. The number of aliphatic hydroxyl groups is 1. The molecule has 2 amide bonds. The second kappa shape index (κ2) is 6.29. The molecule has 1 aromatic carbocycles. The molecule has 23 heavy (non-hydrogen) atoms. The van der Waals surface area contributed by atoms with Crippen LogP contribution in [0.25, 0.3) is 0 Å². The summed E-state index contributed by atoms with van der Waals surface area (Å²) in [5, 5.41) is 22.1. The third-order valence-electron chi connectivity index (χ3n) is 4.99. The highest BCUT2D eigenvalue weighted by Gasteiger charge is 2.44. The molecule has 1 aromatic rings. The molecule has 2 aliphatic rings. The monoisotopic (exact) mass is 318 g/mol. The van der Waals surface area contributed by atoms with Crippen LogP contribution in [0.4, 0.5) is 0 Å². The Morgan fingerprint density at radius 2 is 2.13 bits per heavy atom. The van der Waals surface area contributed by atoms with E-state index in [4.69, 9.17) is 5.11 Å². The molecular formula is C17H22N2O4. The fraction of sp³-hybridized carbons (Fsp3) is 0.529. The number of rotatable bonds is 4. The Bertz CT molecular complexity index is 631. The van der Waals surface area contributed by atoms with Crippen molar-refractivity contribution in [3.8, 4) is 0 Å². The standard InChI is InChI=1S/C17H22N2O4/c20-9-1-8-19(23)15(21)13-3-2-12-4-5-17(11-14(12)10-13)6-7-18-16(17)22/h2-3,10,20,23H,1,4-9,11H2,(H,18,22)/t17-/m0/s1. The molecule has 3 rings (SSSR count). The van der Waals surface area contributed by atoms with Crippen molar-refractivity contribution >= 4 is 11.8 Å². The number of hydrogen-bond acceptors (Lipinski definition) is 4. The Labute approximate surface area is 135 Å². The zero-order valence-electron chi connectivity index (χ0n) is 13.0. The van der Waals surface area contributed by atoms with Crippen LogP contribution in [0, 0.1) is 5.41 Å². The van der Waals surface area contributed by atoms with Crippen LogP contribution in [0.3, 0.4) is 0 Å². The Hall–Kier alpha value is -1.92. The number of hydroxylamine groups is 2. The molecule has 1 spiro atoms. The molecule has 6 nitrogen and oxygen atoms in total. The van der Waals surface area contributed by atoms with E-state index in [2.05, 4.69) is 5.32 Å². The van der Waals surface area contributed by atoms with Crippen molar-refractivity contribution in [2.75, 3.05) is 19.7 Å². The SMILES string of the molecule is O=C(c1ccc2c(c1)C[C@@]1(CCNC1=O)CC2)N(O)CCCO. The van der Waals surface area contributed by atoms with Crippen molar-refractivity contribution < 1.29 is 19.9 Å². The van der Waals surface area contributed by atoms with Crippen molar-refractivity contribution in [1.29, 1.82) is 0 Å². The lowest BCUT2D eigenvalue weighted by Crippen LogP contribution is -2.36. The molecular weight excluding hydrogens is 296 g/mol. The van der Waals surface area contributed by atoms with Gasteiger partial charge in [-0.15, -0.1) is 0 Å². The Kier molecular flexibility index (Phi) is 4.37. The van der Waals surface area contributed by atoms with Gasteiger partial charge in [-0.3, -0.25) is 14.8 Å². The number of nitrogens with one attached hydrogen (secondary N) is 1. The van der Waals surface area contributed by atoms with Crippen LogP contribution in [-0.2, 0) is 17.6 Å². The third-order valence-corrected chi connectivity index (χ3v) is 4.99. The average molecular weight is 318 g/mol. The molecule has 1 atom stereocenters. The topological polar surface area (TPSA) is 89.9 Å². The lowest BCUT2D eigenvalue weighted by atomic mass is 9.70. The summed E-state index contributed by atoms with van der Waals surface area (Å²) < 4.78 is 0. The van der Waals surface area contributed by atoms with Gasteiger partial charge in [-0.25, -0.2) is 5.06 Å². The summed E-state index contributed by atoms with van der Waals surface area (Å²) in [6.07, 6.45) is 3.51. The van der Waals surface area contributed by atoms with E-state index < -0.39 is 5.91 Å². The number of hydrogen-bond donors (Lipinski definition) is 3. The minimum Gasteiger partial charge on any atom is -0.396 e. The Morgan fingerprint density at radius 3 is 2.83 bits per heavy atom. The van der Waals surface area contributed by atoms with Gasteiger partial charge in [0.15, 0.2) is 0 Å². The first-order valence-electron chi connectivity index (χ1n) is 8.07. The van der Waals surface area contributed by atoms with E-state index >= 15 is 0 Å². The van der Waals surface area contributed by atoms with Crippen molar-refractivity contribution in [2.45, 2.75) is 32.1 Å². The molecule has 1 fully saturated rings. The molecule has 0 saturated carbocycles. The minimum atomic E-state index is -0.475. The zero-order chi connectivity index (χ0) is 16.4. The molecule has 1 heterocycles. The first kappa shape index (κ1) is 16.0. The summed E-state index contributed by atoms with van der Waals surface area (Å²) in [7, 11) is 0. The minimum absolute atomic E-state index is 0.0772. The average Bonchev–Trinajstić information content (AvgIpc) is 2.91. The molecule has 1 aliphatic carbocycles. The van der Waals surface area contributed by atoms with E-state index in [1.54, 1.807) is 12.1 Å². The number of benzene rings is 1. The van der Waals surface area contributed by atoms with Crippen molar-refractivity contribution in [2.24, 2.45) is 5.41 Å². The van der Waals surface area contributed by atoms with E-state index in [0.29, 0.717) is 23.5 Å². The molecule has 1 saturated heterocycles. The van der Waals surface area contributed by atoms with Gasteiger partial charge < -0.3 is 10.4 Å². The van der Waals surface area contributed by atoms with Gasteiger partial charge in [-0.05, 0) is 55.4 Å². The highest BCUT2D eigenvalue weighted by Crippen LogP contribution is 2.41. The van der Waals surface area contributed by atoms with Crippen molar-refractivity contribution in [1.82, 2.24) is 10.4 Å². The highest BCUT2D eigenvalue weighted by atomic mass is 16.5. The van der Waals surface area contributed by atoms with Crippen LogP contribution in [-0.4, -0.2) is 46.9 Å². The second-order valence-corrected chi connectivity index (χ2v) is 6.45. The second-order valence-electron chi connectivity index (χ2n) is 6.45. The smallest absolute Gasteiger partial charge is 0.277 e. The Balaban J connectivity index is 1.81. The number of aliphatic hydroxyl groups excluding tert-OH is 1. The number of carbonyl (C=O) groups is 2. The molecule has 1 aliphatic heterocycles. The maximum Gasteiger partial charge on any atom is 0.277 e. The van der Waals surface area contributed by atoms with E-state index in [1.165, 1.54) is 5.56 Å². The van der Waals surface area contributed by atoms with Gasteiger partial charge >= 0.3 is 0 Å². The van der Waals surface area contributed by atoms with Crippen LogP contribution in [0.15, 0.2) is 18.2 Å². The summed E-state index contributed by atoms with van der Waals surface area (Å²) in [5.74, 6) is -0.358. The predicted molar refractivity (Wildman–Crippen MR) is 83.1 cm³/mol. The molecule has 0 radical (unpaired) electrons. The normalized spacial score (nSPS) is 22.8. The summed E-state index contributed by atoms with van der Waals surface area (Å²) in [6, 6.07) is 5.44. The molecule has 124 valence electrons. The van der Waals surface area contributed by atoms with E-state index in [9.17, 15) is 14.8 Å². The van der Waals surface area contributed by atoms with Gasteiger partial charge in [0.25, 0.3) is 5.91 Å². The zero-order valence-corrected chi connectivity index (χ0v) is 13.0. The van der Waals surface area contributed by atoms with Crippen LogP contribution in [0.5, 0.6) is 0 Å². The van der Waals surface area contributed by atoms with Crippen molar-refractivity contribution in [3.05, 3.63) is 34.9 Å². The van der Waals surface area contributed by atoms with Gasteiger partial charge in [0.1, 0.15) is 0 Å². The fourth-order valence-electron chi connectivity index (χ4n) is 3.59. The molecule has 3 N–H and O–H groups in total. The maximum atomic E-state index is 12.2. The lowest BCUT2D eigenvalue weighted by Gasteiger charge is -2.32. The van der Waals surface area contributed by atoms with Gasteiger partial charge in [0.2, 0.25) is 5.91 Å². The lowest BCUT2D eigenvalue weighted by molar-refractivity contribution is -0.128. The van der Waals surface area contributed by atoms with Gasteiger partial charge in [-0.2, -0.15) is 0 Å². The quantitative estimate of drug-likeness (QED) is 0.568. The summed E-state index contributed by atoms with van der Waals surface area (Å²) in [4.78, 5) is 24.4. The fourth-order valence-corrected chi connectivity index (χ4v) is 3.59. The van der Waals surface area contributed by atoms with E-state index in [-0.39, 0.29) is 24.5 Å².